The standard InChI is InChI=1S/C19H18/c1-19(2)11-15-7-3-5-13-9-10-14-6-4-8-16(12-19)18(14)17(13)15/h3-10H,11-12H2,1-2H3. The molecule has 1 aliphatic carbocycles. The highest BCUT2D eigenvalue weighted by Crippen LogP contribution is 2.40. The predicted molar refractivity (Wildman–Crippen MR) is 82.6 cm³/mol. The lowest BCUT2D eigenvalue weighted by atomic mass is 9.82. The van der Waals surface area contributed by atoms with Crippen molar-refractivity contribution in [2.45, 2.75) is 26.7 Å². The summed E-state index contributed by atoms with van der Waals surface area (Å²) in [5.74, 6) is 0. The first kappa shape index (κ1) is 11.0. The molecule has 0 fully saturated rings. The molecule has 0 unspecified atom stereocenters. The molecule has 1 aliphatic rings. The van der Waals surface area contributed by atoms with Crippen molar-refractivity contribution in [2.75, 3.05) is 0 Å². The smallest absolute Gasteiger partial charge is 0.00703 e. The van der Waals surface area contributed by atoms with Gasteiger partial charge in [0.1, 0.15) is 0 Å². The highest BCUT2D eigenvalue weighted by Gasteiger charge is 2.25. The van der Waals surface area contributed by atoms with E-state index in [-0.39, 0.29) is 0 Å². The van der Waals surface area contributed by atoms with Gasteiger partial charge in [0.05, 0.1) is 0 Å². The van der Waals surface area contributed by atoms with Crippen molar-refractivity contribution < 1.29 is 0 Å². The van der Waals surface area contributed by atoms with E-state index in [1.165, 1.54) is 32.7 Å². The maximum atomic E-state index is 2.39. The van der Waals surface area contributed by atoms with Crippen LogP contribution in [0.5, 0.6) is 0 Å². The Labute approximate surface area is 114 Å². The average molecular weight is 246 g/mol. The molecule has 0 nitrogen and oxygen atoms in total. The van der Waals surface area contributed by atoms with E-state index in [9.17, 15) is 0 Å². The lowest BCUT2D eigenvalue weighted by Gasteiger charge is -2.23. The van der Waals surface area contributed by atoms with Gasteiger partial charge in [-0.25, -0.2) is 0 Å². The molecule has 0 spiro atoms. The van der Waals surface area contributed by atoms with E-state index in [2.05, 4.69) is 62.4 Å². The fourth-order valence-electron chi connectivity index (χ4n) is 3.70. The third-order valence-electron chi connectivity index (χ3n) is 4.40. The van der Waals surface area contributed by atoms with Crippen LogP contribution in [0.2, 0.25) is 0 Å². The van der Waals surface area contributed by atoms with Crippen molar-refractivity contribution in [1.82, 2.24) is 0 Å². The quantitative estimate of drug-likeness (QED) is 0.483. The van der Waals surface area contributed by atoms with Crippen LogP contribution in [0.25, 0.3) is 21.5 Å². The third-order valence-corrected chi connectivity index (χ3v) is 4.40. The topological polar surface area (TPSA) is 0 Å². The third kappa shape index (κ3) is 1.59. The minimum atomic E-state index is 0.335. The predicted octanol–water partition coefficient (Wildman–Crippen LogP) is 5.12. The summed E-state index contributed by atoms with van der Waals surface area (Å²) in [4.78, 5) is 0. The number of benzene rings is 3. The van der Waals surface area contributed by atoms with Gasteiger partial charge in [-0.05, 0) is 50.9 Å². The highest BCUT2D eigenvalue weighted by atomic mass is 14.3. The second-order valence-corrected chi connectivity index (χ2v) is 6.61. The lowest BCUT2D eigenvalue weighted by Crippen LogP contribution is -2.17. The molecule has 3 aromatic rings. The van der Waals surface area contributed by atoms with E-state index in [0.717, 1.165) is 12.8 Å². The van der Waals surface area contributed by atoms with Crippen molar-refractivity contribution in [3.8, 4) is 0 Å². The second kappa shape index (κ2) is 3.60. The molecule has 0 bridgehead atoms. The van der Waals surface area contributed by atoms with E-state index in [0.29, 0.717) is 5.41 Å². The fourth-order valence-corrected chi connectivity index (χ4v) is 3.70. The Hall–Kier alpha value is -1.82. The van der Waals surface area contributed by atoms with Gasteiger partial charge in [-0.3, -0.25) is 0 Å². The van der Waals surface area contributed by atoms with Crippen LogP contribution in [0.15, 0.2) is 48.5 Å². The monoisotopic (exact) mass is 246 g/mol. The van der Waals surface area contributed by atoms with E-state index in [4.69, 9.17) is 0 Å². The lowest BCUT2D eigenvalue weighted by molar-refractivity contribution is 0.365. The maximum absolute atomic E-state index is 2.39. The highest BCUT2D eigenvalue weighted by molar-refractivity contribution is 6.11. The Bertz CT molecular complexity index is 727. The molecule has 94 valence electrons. The van der Waals surface area contributed by atoms with Gasteiger partial charge >= 0.3 is 0 Å². The van der Waals surface area contributed by atoms with Gasteiger partial charge in [-0.2, -0.15) is 0 Å². The van der Waals surface area contributed by atoms with E-state index < -0.39 is 0 Å². The van der Waals surface area contributed by atoms with Crippen molar-refractivity contribution in [3.63, 3.8) is 0 Å². The van der Waals surface area contributed by atoms with Crippen LogP contribution in [-0.4, -0.2) is 0 Å². The molecule has 0 aromatic heterocycles. The van der Waals surface area contributed by atoms with Crippen LogP contribution in [0.1, 0.15) is 25.0 Å². The number of hydrogen-bond acceptors (Lipinski definition) is 0. The molecule has 0 N–H and O–H groups in total. The number of rotatable bonds is 0. The average Bonchev–Trinajstić information content (AvgIpc) is 2.49. The van der Waals surface area contributed by atoms with Crippen LogP contribution < -0.4 is 0 Å². The second-order valence-electron chi connectivity index (χ2n) is 6.61. The molecule has 0 aliphatic heterocycles. The minimum Gasteiger partial charge on any atom is -0.0614 e. The zero-order valence-electron chi connectivity index (χ0n) is 11.5. The summed E-state index contributed by atoms with van der Waals surface area (Å²) in [7, 11) is 0. The molecule has 0 saturated heterocycles. The van der Waals surface area contributed by atoms with Crippen LogP contribution in [-0.2, 0) is 12.8 Å². The molecule has 3 aromatic carbocycles. The molecule has 0 saturated carbocycles. The van der Waals surface area contributed by atoms with Gasteiger partial charge in [0, 0.05) is 0 Å². The molecule has 0 heterocycles. The van der Waals surface area contributed by atoms with Crippen LogP contribution in [0, 0.1) is 5.41 Å². The van der Waals surface area contributed by atoms with E-state index in [1.807, 2.05) is 0 Å². The first-order valence-corrected chi connectivity index (χ1v) is 7.06. The fraction of sp³-hybridized carbons (Fsp3) is 0.263. The Morgan fingerprint density at radius 2 is 1.16 bits per heavy atom. The largest absolute Gasteiger partial charge is 0.0614 e. The Kier molecular flexibility index (Phi) is 2.09. The summed E-state index contributed by atoms with van der Waals surface area (Å²) in [6.45, 7) is 4.77. The molecule has 0 amide bonds. The number of hydrogen-bond donors (Lipinski definition) is 0. The SMILES string of the molecule is CC1(C)Cc2cccc3ccc4cccc(c4c23)C1. The van der Waals surface area contributed by atoms with Crippen molar-refractivity contribution in [3.05, 3.63) is 59.7 Å². The molecular weight excluding hydrogens is 228 g/mol. The first-order chi connectivity index (χ1) is 9.14. The van der Waals surface area contributed by atoms with Crippen molar-refractivity contribution >= 4 is 21.5 Å². The zero-order chi connectivity index (χ0) is 13.0. The van der Waals surface area contributed by atoms with E-state index in [1.54, 1.807) is 0 Å². The van der Waals surface area contributed by atoms with Crippen LogP contribution >= 0.6 is 0 Å². The summed E-state index contributed by atoms with van der Waals surface area (Å²) < 4.78 is 0. The molecule has 0 radical (unpaired) electrons. The summed E-state index contributed by atoms with van der Waals surface area (Å²) >= 11 is 0. The Morgan fingerprint density at radius 1 is 0.684 bits per heavy atom. The molecule has 0 heteroatoms. The van der Waals surface area contributed by atoms with Gasteiger partial charge in [0.15, 0.2) is 0 Å². The van der Waals surface area contributed by atoms with Gasteiger partial charge < -0.3 is 0 Å². The molecule has 19 heavy (non-hydrogen) atoms. The van der Waals surface area contributed by atoms with Crippen molar-refractivity contribution in [1.29, 1.82) is 0 Å². The normalized spacial score (nSPS) is 16.9. The Balaban J connectivity index is 2.27. The summed E-state index contributed by atoms with van der Waals surface area (Å²) in [6.07, 6.45) is 2.33. The molecule has 4 rings (SSSR count). The summed E-state index contributed by atoms with van der Waals surface area (Å²) in [6, 6.07) is 18.0. The first-order valence-electron chi connectivity index (χ1n) is 7.06. The van der Waals surface area contributed by atoms with Gasteiger partial charge in [0.25, 0.3) is 0 Å². The Morgan fingerprint density at radius 3 is 1.63 bits per heavy atom. The van der Waals surface area contributed by atoms with Gasteiger partial charge in [0.2, 0.25) is 0 Å². The maximum Gasteiger partial charge on any atom is -0.00703 e. The molecule has 0 atom stereocenters. The zero-order valence-corrected chi connectivity index (χ0v) is 11.5. The summed E-state index contributed by atoms with van der Waals surface area (Å²) in [5.41, 5.74) is 3.36. The van der Waals surface area contributed by atoms with E-state index >= 15 is 0 Å². The van der Waals surface area contributed by atoms with Crippen molar-refractivity contribution in [2.24, 2.45) is 5.41 Å². The van der Waals surface area contributed by atoms with Gasteiger partial charge in [-0.15, -0.1) is 0 Å². The molecular formula is C19H18. The summed E-state index contributed by atoms with van der Waals surface area (Å²) in [5, 5.41) is 5.74. The van der Waals surface area contributed by atoms with Gasteiger partial charge in [-0.1, -0.05) is 62.4 Å². The van der Waals surface area contributed by atoms with Crippen LogP contribution in [0.3, 0.4) is 0 Å². The van der Waals surface area contributed by atoms with Crippen LogP contribution in [0.4, 0.5) is 0 Å². The minimum absolute atomic E-state index is 0.335.